The highest BCUT2D eigenvalue weighted by Crippen LogP contribution is 2.63. The molecule has 4 nitrogen and oxygen atoms in total. The maximum Gasteiger partial charge on any atom is 0.164 e. The van der Waals surface area contributed by atoms with Crippen LogP contribution < -0.4 is 0 Å². The zero-order chi connectivity index (χ0) is 40.8. The Labute approximate surface area is 358 Å². The summed E-state index contributed by atoms with van der Waals surface area (Å²) in [5, 5.41) is 1.98. The summed E-state index contributed by atoms with van der Waals surface area (Å²) in [6, 6.07) is 75.7. The molecule has 2 aliphatic rings. The average Bonchev–Trinajstić information content (AvgIpc) is 3.98. The van der Waals surface area contributed by atoms with E-state index in [-0.39, 0.29) is 5.41 Å². The van der Waals surface area contributed by atoms with Gasteiger partial charge in [0.1, 0.15) is 11.2 Å². The van der Waals surface area contributed by atoms with Crippen LogP contribution in [0.4, 0.5) is 0 Å². The molecule has 0 N–H and O–H groups in total. The molecule has 0 aliphatic heterocycles. The Morgan fingerprint density at radius 3 is 1.34 bits per heavy atom. The van der Waals surface area contributed by atoms with Crippen molar-refractivity contribution in [3.63, 3.8) is 0 Å². The summed E-state index contributed by atoms with van der Waals surface area (Å²) in [5.74, 6) is 1.84. The van der Waals surface area contributed by atoms with E-state index >= 15 is 0 Å². The molecular formula is C58H35N3O. The molecule has 2 aromatic heterocycles. The highest BCUT2D eigenvalue weighted by molar-refractivity contribution is 6.13. The first kappa shape index (κ1) is 34.6. The Bertz CT molecular complexity index is 3490. The van der Waals surface area contributed by atoms with Crippen LogP contribution in [0.3, 0.4) is 0 Å². The van der Waals surface area contributed by atoms with Gasteiger partial charge in [-0.05, 0) is 91.0 Å². The van der Waals surface area contributed by atoms with Crippen LogP contribution in [-0.4, -0.2) is 15.0 Å². The largest absolute Gasteiger partial charge is 0.456 e. The molecule has 0 radical (unpaired) electrons. The third kappa shape index (κ3) is 4.98. The molecule has 4 heteroatoms. The summed E-state index contributed by atoms with van der Waals surface area (Å²) in [5.41, 5.74) is 19.2. The molecule has 11 aromatic rings. The smallest absolute Gasteiger partial charge is 0.164 e. The van der Waals surface area contributed by atoms with Gasteiger partial charge in [0.15, 0.2) is 17.5 Å². The highest BCUT2D eigenvalue weighted by Gasteiger charge is 2.51. The standard InChI is InChI=1S/C58H35N3O/c1-3-16-36(17-4-1)55-59-56(37-18-5-2-6-19-37)61-57(60-55)45-25-15-29-53-54(45)47-35-39(31-33-52(47)62-53)41-21-8-7-20-40(41)38-30-32-51-46(34-38)44-24-11-14-28-50(44)58(51)48-26-12-9-22-42(48)43-23-10-13-27-49(43)58/h1-35H. The van der Waals surface area contributed by atoms with E-state index in [0.29, 0.717) is 17.5 Å². The lowest BCUT2D eigenvalue weighted by Crippen LogP contribution is -2.25. The number of rotatable bonds is 5. The van der Waals surface area contributed by atoms with Gasteiger partial charge in [0, 0.05) is 27.5 Å². The van der Waals surface area contributed by atoms with E-state index < -0.39 is 0 Å². The van der Waals surface area contributed by atoms with Crippen molar-refractivity contribution < 1.29 is 4.42 Å². The Morgan fingerprint density at radius 2 is 0.742 bits per heavy atom. The van der Waals surface area contributed by atoms with E-state index in [1.807, 2.05) is 72.8 Å². The molecule has 13 rings (SSSR count). The topological polar surface area (TPSA) is 51.8 Å². The molecule has 0 bridgehead atoms. The number of aromatic nitrogens is 3. The molecule has 288 valence electrons. The van der Waals surface area contributed by atoms with E-state index in [2.05, 4.69) is 140 Å². The normalized spacial score (nSPS) is 13.0. The fourth-order valence-electron chi connectivity index (χ4n) is 10.4. The predicted molar refractivity (Wildman–Crippen MR) is 251 cm³/mol. The van der Waals surface area contributed by atoms with Gasteiger partial charge in [0.25, 0.3) is 0 Å². The summed E-state index contributed by atoms with van der Waals surface area (Å²) in [6.45, 7) is 0. The van der Waals surface area contributed by atoms with Crippen LogP contribution in [0.1, 0.15) is 22.3 Å². The Balaban J connectivity index is 0.972. The van der Waals surface area contributed by atoms with Crippen molar-refractivity contribution in [1.82, 2.24) is 15.0 Å². The second-order valence-corrected chi connectivity index (χ2v) is 16.2. The molecule has 2 heterocycles. The van der Waals surface area contributed by atoms with Crippen molar-refractivity contribution in [3.05, 3.63) is 235 Å². The third-order valence-corrected chi connectivity index (χ3v) is 13.0. The van der Waals surface area contributed by atoms with Crippen LogP contribution >= 0.6 is 0 Å². The molecule has 0 fully saturated rings. The van der Waals surface area contributed by atoms with Gasteiger partial charge in [-0.1, -0.05) is 188 Å². The van der Waals surface area contributed by atoms with Gasteiger partial charge in [-0.15, -0.1) is 0 Å². The van der Waals surface area contributed by atoms with Crippen molar-refractivity contribution in [2.24, 2.45) is 0 Å². The number of fused-ring (bicyclic) bond motifs is 13. The average molecular weight is 790 g/mol. The highest BCUT2D eigenvalue weighted by atomic mass is 16.3. The van der Waals surface area contributed by atoms with Crippen molar-refractivity contribution in [3.8, 4) is 78.7 Å². The predicted octanol–water partition coefficient (Wildman–Crippen LogP) is 14.4. The van der Waals surface area contributed by atoms with Crippen molar-refractivity contribution in [1.29, 1.82) is 0 Å². The van der Waals surface area contributed by atoms with Crippen molar-refractivity contribution in [2.75, 3.05) is 0 Å². The summed E-state index contributed by atoms with van der Waals surface area (Å²) in [6.07, 6.45) is 0. The minimum atomic E-state index is -0.371. The summed E-state index contributed by atoms with van der Waals surface area (Å²) < 4.78 is 6.56. The molecule has 1 spiro atoms. The Hall–Kier alpha value is -8.21. The van der Waals surface area contributed by atoms with Gasteiger partial charge < -0.3 is 4.42 Å². The summed E-state index contributed by atoms with van der Waals surface area (Å²) in [4.78, 5) is 15.2. The third-order valence-electron chi connectivity index (χ3n) is 13.0. The number of nitrogens with zero attached hydrogens (tertiary/aromatic N) is 3. The van der Waals surface area contributed by atoms with E-state index in [1.165, 1.54) is 55.6 Å². The quantitative estimate of drug-likeness (QED) is 0.174. The second-order valence-electron chi connectivity index (χ2n) is 16.2. The van der Waals surface area contributed by atoms with E-state index in [9.17, 15) is 0 Å². The number of hydrogen-bond donors (Lipinski definition) is 0. The van der Waals surface area contributed by atoms with Crippen LogP contribution in [-0.2, 0) is 5.41 Å². The first-order valence-corrected chi connectivity index (χ1v) is 21.1. The minimum absolute atomic E-state index is 0.371. The molecule has 0 unspecified atom stereocenters. The van der Waals surface area contributed by atoms with Crippen molar-refractivity contribution >= 4 is 21.9 Å². The van der Waals surface area contributed by atoms with Gasteiger partial charge in [-0.3, -0.25) is 0 Å². The first-order chi connectivity index (χ1) is 30.7. The summed E-state index contributed by atoms with van der Waals surface area (Å²) in [7, 11) is 0. The van der Waals surface area contributed by atoms with Gasteiger partial charge >= 0.3 is 0 Å². The molecule has 2 aliphatic carbocycles. The Morgan fingerprint density at radius 1 is 0.290 bits per heavy atom. The molecule has 0 saturated heterocycles. The zero-order valence-corrected chi connectivity index (χ0v) is 33.5. The number of furan rings is 1. The molecule has 0 amide bonds. The van der Waals surface area contributed by atoms with E-state index in [1.54, 1.807) is 0 Å². The first-order valence-electron chi connectivity index (χ1n) is 21.1. The van der Waals surface area contributed by atoms with Crippen LogP contribution in [0.5, 0.6) is 0 Å². The van der Waals surface area contributed by atoms with Gasteiger partial charge in [0.2, 0.25) is 0 Å². The van der Waals surface area contributed by atoms with E-state index in [0.717, 1.165) is 49.8 Å². The van der Waals surface area contributed by atoms with Crippen molar-refractivity contribution in [2.45, 2.75) is 5.41 Å². The van der Waals surface area contributed by atoms with Crippen LogP contribution in [0.2, 0.25) is 0 Å². The Kier molecular flexibility index (Phi) is 7.49. The zero-order valence-electron chi connectivity index (χ0n) is 33.5. The fourth-order valence-corrected chi connectivity index (χ4v) is 10.4. The fraction of sp³-hybridized carbons (Fsp3) is 0.0172. The summed E-state index contributed by atoms with van der Waals surface area (Å²) >= 11 is 0. The lowest BCUT2D eigenvalue weighted by Gasteiger charge is -2.30. The number of benzene rings is 9. The maximum absolute atomic E-state index is 6.56. The van der Waals surface area contributed by atoms with Gasteiger partial charge in [-0.25, -0.2) is 15.0 Å². The van der Waals surface area contributed by atoms with E-state index in [4.69, 9.17) is 19.4 Å². The monoisotopic (exact) mass is 789 g/mol. The molecule has 9 aromatic carbocycles. The molecule has 0 atom stereocenters. The van der Waals surface area contributed by atoms with Crippen LogP contribution in [0.25, 0.3) is 101 Å². The maximum atomic E-state index is 6.56. The lowest BCUT2D eigenvalue weighted by molar-refractivity contribution is 0.669. The number of hydrogen-bond acceptors (Lipinski definition) is 4. The van der Waals surface area contributed by atoms with Crippen LogP contribution in [0.15, 0.2) is 217 Å². The lowest BCUT2D eigenvalue weighted by atomic mass is 9.70. The minimum Gasteiger partial charge on any atom is -0.456 e. The molecular weight excluding hydrogens is 755 g/mol. The second kappa shape index (κ2) is 13.4. The van der Waals surface area contributed by atoms with Crippen LogP contribution in [0, 0.1) is 0 Å². The van der Waals surface area contributed by atoms with Gasteiger partial charge in [-0.2, -0.15) is 0 Å². The van der Waals surface area contributed by atoms with Gasteiger partial charge in [0.05, 0.1) is 5.41 Å². The SMILES string of the molecule is c1ccc(-c2nc(-c3ccccc3)nc(-c3cccc4oc5ccc(-c6ccccc6-c6ccc7c(c6)-c6ccccc6C76c7ccccc7-c7ccccc76)cc5c34)n2)cc1. The molecule has 0 saturated carbocycles. The molecule has 62 heavy (non-hydrogen) atoms.